The van der Waals surface area contributed by atoms with Gasteiger partial charge in [-0.25, -0.2) is 0 Å². The van der Waals surface area contributed by atoms with E-state index in [9.17, 15) is 0 Å². The summed E-state index contributed by atoms with van der Waals surface area (Å²) in [5.74, 6) is 0. The lowest BCUT2D eigenvalue weighted by molar-refractivity contribution is 0.155. The molecule has 0 amide bonds. The van der Waals surface area contributed by atoms with Crippen molar-refractivity contribution < 1.29 is 0 Å². The monoisotopic (exact) mass is 99.1 g/mol. The third kappa shape index (κ3) is 0.924. The number of hydrogen-bond acceptors (Lipinski definition) is 1. The van der Waals surface area contributed by atoms with Gasteiger partial charge < -0.3 is 4.90 Å². The van der Waals surface area contributed by atoms with Gasteiger partial charge in [-0.3, -0.25) is 5.73 Å². The molecule has 0 aromatic carbocycles. The van der Waals surface area contributed by atoms with Gasteiger partial charge in [0.1, 0.15) is 0 Å². The van der Waals surface area contributed by atoms with Gasteiger partial charge in [-0.05, 0) is 6.54 Å². The van der Waals surface area contributed by atoms with Crippen molar-refractivity contribution in [2.24, 2.45) is 0 Å². The van der Waals surface area contributed by atoms with Crippen molar-refractivity contribution in [1.29, 1.82) is 0 Å². The predicted octanol–water partition coefficient (Wildman–Crippen LogP) is -0.0266. The van der Waals surface area contributed by atoms with Gasteiger partial charge in [-0.15, -0.1) is 0 Å². The van der Waals surface area contributed by atoms with Gasteiger partial charge in [-0.2, -0.15) is 0 Å². The number of rotatable bonds is 1. The van der Waals surface area contributed by atoms with E-state index in [1.807, 2.05) is 0 Å². The number of hydrogen-bond donors (Lipinski definition) is 0. The summed E-state index contributed by atoms with van der Waals surface area (Å²) in [7, 11) is 0. The normalized spacial score (nSPS) is 24.9. The molecule has 1 rings (SSSR count). The maximum Gasteiger partial charge on any atom is 0.0467 e. The molecule has 0 atom stereocenters. The van der Waals surface area contributed by atoms with Gasteiger partial charge in [0, 0.05) is 19.1 Å². The van der Waals surface area contributed by atoms with Crippen molar-refractivity contribution >= 4 is 0 Å². The van der Waals surface area contributed by atoms with Crippen LogP contribution in [0.4, 0.5) is 0 Å². The Morgan fingerprint density at radius 3 is 2.43 bits per heavy atom. The number of likely N-dealkylation sites (tertiary alicyclic amines) is 1. The fraction of sp³-hybridized carbons (Fsp3) is 1.00. The van der Waals surface area contributed by atoms with Gasteiger partial charge in [0.05, 0.1) is 0 Å². The van der Waals surface area contributed by atoms with E-state index in [1.54, 1.807) is 0 Å². The number of nitrogens with one attached hydrogen (secondary N) is 1. The summed E-state index contributed by atoms with van der Waals surface area (Å²) in [6.45, 7) is 5.24. The number of likely N-dealkylation sites (N-methyl/N-ethyl adjacent to an activating group) is 1. The lowest BCUT2D eigenvalue weighted by Gasteiger charge is -2.34. The molecule has 1 N–H and O–H groups in total. The van der Waals surface area contributed by atoms with Crippen molar-refractivity contribution in [3.8, 4) is 0 Å². The minimum atomic E-state index is 0.222. The Balaban J connectivity index is 2.06. The Morgan fingerprint density at radius 2 is 2.29 bits per heavy atom. The minimum Gasteiger partial charge on any atom is -0.300 e. The van der Waals surface area contributed by atoms with Crippen LogP contribution in [0.25, 0.3) is 0 Å². The van der Waals surface area contributed by atoms with Crippen molar-refractivity contribution in [2.75, 3.05) is 19.6 Å². The second kappa shape index (κ2) is 1.80. The van der Waals surface area contributed by atoms with Crippen LogP contribution in [0, 0.1) is 0 Å². The molecular formula is C5H11N2. The van der Waals surface area contributed by atoms with Gasteiger partial charge in [0.2, 0.25) is 0 Å². The van der Waals surface area contributed by atoms with E-state index < -0.39 is 0 Å². The highest BCUT2D eigenvalue weighted by Gasteiger charge is 2.20. The first-order valence-corrected chi connectivity index (χ1v) is 2.76. The first kappa shape index (κ1) is 5.06. The van der Waals surface area contributed by atoms with E-state index in [1.165, 1.54) is 0 Å². The second-order valence-electron chi connectivity index (χ2n) is 2.05. The zero-order chi connectivity index (χ0) is 5.28. The second-order valence-corrected chi connectivity index (χ2v) is 2.05. The lowest BCUT2D eigenvalue weighted by Crippen LogP contribution is -2.51. The largest absolute Gasteiger partial charge is 0.300 e. The van der Waals surface area contributed by atoms with E-state index >= 15 is 0 Å². The maximum absolute atomic E-state index is 7.11. The van der Waals surface area contributed by atoms with Crippen molar-refractivity contribution in [3.05, 3.63) is 0 Å². The topological polar surface area (TPSA) is 27.0 Å². The zero-order valence-corrected chi connectivity index (χ0v) is 4.65. The fourth-order valence-corrected chi connectivity index (χ4v) is 0.828. The van der Waals surface area contributed by atoms with Gasteiger partial charge in [-0.1, -0.05) is 6.92 Å². The number of nitrogens with zero attached hydrogens (tertiary/aromatic N) is 1. The van der Waals surface area contributed by atoms with Gasteiger partial charge in [0.15, 0.2) is 0 Å². The molecule has 1 saturated heterocycles. The summed E-state index contributed by atoms with van der Waals surface area (Å²) >= 11 is 0. The van der Waals surface area contributed by atoms with Crippen LogP contribution in [0.5, 0.6) is 0 Å². The molecule has 41 valence electrons. The molecule has 0 aliphatic carbocycles. The molecule has 1 aliphatic rings. The highest BCUT2D eigenvalue weighted by molar-refractivity contribution is 4.80. The Morgan fingerprint density at radius 1 is 1.71 bits per heavy atom. The van der Waals surface area contributed by atoms with Crippen molar-refractivity contribution in [3.63, 3.8) is 0 Å². The standard InChI is InChI=1S/C5H11N2/c1-2-7-3-5(6)4-7/h5-6H,2-4H2,1H3. The summed E-state index contributed by atoms with van der Waals surface area (Å²) in [6, 6.07) is 0.222. The summed E-state index contributed by atoms with van der Waals surface area (Å²) in [5, 5.41) is 0. The van der Waals surface area contributed by atoms with E-state index in [0.29, 0.717) is 0 Å². The Bertz CT molecular complexity index is 57.1. The van der Waals surface area contributed by atoms with Crippen LogP contribution < -0.4 is 5.73 Å². The molecule has 0 aromatic rings. The molecule has 0 spiro atoms. The van der Waals surface area contributed by atoms with Crippen LogP contribution in [0.3, 0.4) is 0 Å². The molecule has 0 saturated carbocycles. The average Bonchev–Trinajstić information content (AvgIpc) is 1.58. The van der Waals surface area contributed by atoms with Crippen LogP contribution in [0.15, 0.2) is 0 Å². The van der Waals surface area contributed by atoms with Crippen LogP contribution in [0.1, 0.15) is 6.92 Å². The van der Waals surface area contributed by atoms with Crippen LogP contribution in [-0.4, -0.2) is 30.6 Å². The molecular weight excluding hydrogens is 88.1 g/mol. The molecule has 2 heteroatoms. The minimum absolute atomic E-state index is 0.222. The van der Waals surface area contributed by atoms with E-state index in [-0.39, 0.29) is 6.04 Å². The SMILES string of the molecule is CCN1CC([NH])C1. The first-order chi connectivity index (χ1) is 3.33. The van der Waals surface area contributed by atoms with Crippen LogP contribution in [-0.2, 0) is 0 Å². The first-order valence-electron chi connectivity index (χ1n) is 2.76. The van der Waals surface area contributed by atoms with Crippen LogP contribution in [0.2, 0.25) is 0 Å². The Labute approximate surface area is 44.3 Å². The lowest BCUT2D eigenvalue weighted by atomic mass is 10.1. The maximum atomic E-state index is 7.11. The molecule has 1 heterocycles. The van der Waals surface area contributed by atoms with E-state index in [4.69, 9.17) is 5.73 Å². The molecule has 0 aromatic heterocycles. The third-order valence-electron chi connectivity index (χ3n) is 1.40. The summed E-state index contributed by atoms with van der Waals surface area (Å²) < 4.78 is 0. The molecule has 1 aliphatic heterocycles. The van der Waals surface area contributed by atoms with Crippen LogP contribution >= 0.6 is 0 Å². The third-order valence-corrected chi connectivity index (χ3v) is 1.40. The highest BCUT2D eigenvalue weighted by atomic mass is 15.2. The molecule has 0 unspecified atom stereocenters. The van der Waals surface area contributed by atoms with Crippen molar-refractivity contribution in [2.45, 2.75) is 13.0 Å². The molecule has 1 radical (unpaired) electrons. The molecule has 1 fully saturated rings. The van der Waals surface area contributed by atoms with Crippen molar-refractivity contribution in [1.82, 2.24) is 10.6 Å². The van der Waals surface area contributed by atoms with Gasteiger partial charge >= 0.3 is 0 Å². The summed E-state index contributed by atoms with van der Waals surface area (Å²) in [4.78, 5) is 2.26. The van der Waals surface area contributed by atoms with Gasteiger partial charge in [0.25, 0.3) is 0 Å². The highest BCUT2D eigenvalue weighted by Crippen LogP contribution is 2.03. The fourth-order valence-electron chi connectivity index (χ4n) is 0.828. The molecule has 2 nitrogen and oxygen atoms in total. The zero-order valence-electron chi connectivity index (χ0n) is 4.65. The van der Waals surface area contributed by atoms with E-state index in [2.05, 4.69) is 11.8 Å². The smallest absolute Gasteiger partial charge is 0.0467 e. The Hall–Kier alpha value is -0.0800. The van der Waals surface area contributed by atoms with E-state index in [0.717, 1.165) is 19.6 Å². The predicted molar refractivity (Wildman–Crippen MR) is 29.0 cm³/mol. The summed E-state index contributed by atoms with van der Waals surface area (Å²) in [5.41, 5.74) is 7.11. The quantitative estimate of drug-likeness (QED) is 0.453. The summed E-state index contributed by atoms with van der Waals surface area (Å²) in [6.07, 6.45) is 0. The molecule has 7 heavy (non-hydrogen) atoms. The molecule has 0 bridgehead atoms. The Kier molecular flexibility index (Phi) is 1.30. The average molecular weight is 99.2 g/mol.